The average Bonchev–Trinajstić information content (AvgIpc) is 2.69. The minimum absolute atomic E-state index is 0.134. The van der Waals surface area contributed by atoms with Gasteiger partial charge >= 0.3 is 0 Å². The van der Waals surface area contributed by atoms with Gasteiger partial charge in [-0.25, -0.2) is 0 Å². The number of hydrogen-bond donors (Lipinski definition) is 1. The predicted molar refractivity (Wildman–Crippen MR) is 60.7 cm³/mol. The summed E-state index contributed by atoms with van der Waals surface area (Å²) in [7, 11) is 0. The molecule has 3 nitrogen and oxygen atoms in total. The number of hydrogen-bond acceptors (Lipinski definition) is 2. The zero-order valence-electron chi connectivity index (χ0n) is 8.86. The van der Waals surface area contributed by atoms with E-state index in [2.05, 4.69) is 18.0 Å². The molecule has 1 aliphatic rings. The van der Waals surface area contributed by atoms with Crippen LogP contribution in [0.5, 0.6) is 0 Å². The molecule has 0 spiro atoms. The molecule has 0 aromatic heterocycles. The highest BCUT2D eigenvalue weighted by Crippen LogP contribution is 2.23. The largest absolute Gasteiger partial charge is 0.349 e. The third-order valence-electron chi connectivity index (χ3n) is 2.80. The molecular weight excluding hydrogens is 200 g/mol. The first-order valence-corrected chi connectivity index (χ1v) is 5.17. The maximum atomic E-state index is 11.2. The van der Waals surface area contributed by atoms with Gasteiger partial charge in [0.15, 0.2) is 0 Å². The molecule has 1 unspecified atom stereocenters. The summed E-state index contributed by atoms with van der Waals surface area (Å²) < 4.78 is 0. The van der Waals surface area contributed by atoms with Crippen molar-refractivity contribution in [3.8, 4) is 6.07 Å². The maximum absolute atomic E-state index is 11.2. The Morgan fingerprint density at radius 2 is 2.25 bits per heavy atom. The number of carbonyl (C=O) groups excluding carboxylic acids is 1. The van der Waals surface area contributed by atoms with E-state index in [4.69, 9.17) is 5.26 Å². The van der Waals surface area contributed by atoms with Crippen molar-refractivity contribution in [2.24, 2.45) is 0 Å². The summed E-state index contributed by atoms with van der Waals surface area (Å²) >= 11 is 0. The molecule has 0 fully saturated rings. The Morgan fingerprint density at radius 1 is 1.50 bits per heavy atom. The van der Waals surface area contributed by atoms with E-state index in [0.717, 1.165) is 18.4 Å². The molecule has 0 heterocycles. The standard InChI is InChI=1S/C13H12N2O/c1-2-13(16)15-12-6-10-4-3-9(8-14)5-11(10)7-12/h2-5,12H,1,6-7H2,(H,15,16). The van der Waals surface area contributed by atoms with E-state index >= 15 is 0 Å². The van der Waals surface area contributed by atoms with Gasteiger partial charge in [-0.2, -0.15) is 5.26 Å². The van der Waals surface area contributed by atoms with Gasteiger partial charge in [0.2, 0.25) is 5.91 Å². The van der Waals surface area contributed by atoms with Crippen molar-refractivity contribution in [1.82, 2.24) is 5.32 Å². The van der Waals surface area contributed by atoms with Crippen LogP contribution in [0.25, 0.3) is 0 Å². The zero-order chi connectivity index (χ0) is 11.5. The van der Waals surface area contributed by atoms with Crippen LogP contribution in [0.2, 0.25) is 0 Å². The van der Waals surface area contributed by atoms with Crippen LogP contribution >= 0.6 is 0 Å². The fourth-order valence-corrected chi connectivity index (χ4v) is 2.05. The van der Waals surface area contributed by atoms with E-state index in [1.54, 1.807) is 0 Å². The average molecular weight is 212 g/mol. The first-order valence-electron chi connectivity index (χ1n) is 5.17. The maximum Gasteiger partial charge on any atom is 0.243 e. The van der Waals surface area contributed by atoms with Crippen LogP contribution in [0.4, 0.5) is 0 Å². The Kier molecular flexibility index (Phi) is 2.74. The second-order valence-electron chi connectivity index (χ2n) is 3.91. The quantitative estimate of drug-likeness (QED) is 0.752. The van der Waals surface area contributed by atoms with Gasteiger partial charge in [0.25, 0.3) is 0 Å². The minimum Gasteiger partial charge on any atom is -0.349 e. The molecule has 0 bridgehead atoms. The van der Waals surface area contributed by atoms with E-state index in [-0.39, 0.29) is 11.9 Å². The number of amides is 1. The Hall–Kier alpha value is -2.08. The number of fused-ring (bicyclic) bond motifs is 1. The first-order chi connectivity index (χ1) is 7.72. The Morgan fingerprint density at radius 3 is 2.94 bits per heavy atom. The number of nitrogens with one attached hydrogen (secondary N) is 1. The van der Waals surface area contributed by atoms with Crippen LogP contribution in [0, 0.1) is 11.3 Å². The number of carbonyl (C=O) groups is 1. The fraction of sp³-hybridized carbons (Fsp3) is 0.231. The van der Waals surface area contributed by atoms with Crippen LogP contribution in [0.1, 0.15) is 16.7 Å². The van der Waals surface area contributed by atoms with Gasteiger partial charge < -0.3 is 5.32 Å². The first kappa shape index (κ1) is 10.4. The third kappa shape index (κ3) is 1.96. The molecule has 3 heteroatoms. The molecule has 1 aromatic rings. The van der Waals surface area contributed by atoms with Crippen molar-refractivity contribution in [2.45, 2.75) is 18.9 Å². The van der Waals surface area contributed by atoms with Gasteiger partial charge in [-0.05, 0) is 42.2 Å². The molecular formula is C13H12N2O. The lowest BCUT2D eigenvalue weighted by Gasteiger charge is -2.09. The molecule has 1 amide bonds. The summed E-state index contributed by atoms with van der Waals surface area (Å²) in [4.78, 5) is 11.2. The number of nitrogens with zero attached hydrogens (tertiary/aromatic N) is 1. The van der Waals surface area contributed by atoms with Gasteiger partial charge in [-0.1, -0.05) is 12.6 Å². The topological polar surface area (TPSA) is 52.9 Å². The Balaban J connectivity index is 2.12. The Labute approximate surface area is 94.4 Å². The van der Waals surface area contributed by atoms with Crippen molar-refractivity contribution in [2.75, 3.05) is 0 Å². The molecule has 16 heavy (non-hydrogen) atoms. The monoisotopic (exact) mass is 212 g/mol. The van der Waals surface area contributed by atoms with E-state index in [0.29, 0.717) is 5.56 Å². The smallest absolute Gasteiger partial charge is 0.243 e. The lowest BCUT2D eigenvalue weighted by molar-refractivity contribution is -0.117. The highest BCUT2D eigenvalue weighted by atomic mass is 16.1. The van der Waals surface area contributed by atoms with E-state index in [9.17, 15) is 4.79 Å². The molecule has 1 atom stereocenters. The van der Waals surface area contributed by atoms with Gasteiger partial charge in [0.05, 0.1) is 11.6 Å². The molecule has 1 aromatic carbocycles. The SMILES string of the molecule is C=CC(=O)NC1Cc2ccc(C#N)cc2C1. The summed E-state index contributed by atoms with van der Waals surface area (Å²) in [6.45, 7) is 3.42. The predicted octanol–water partition coefficient (Wildman–Crippen LogP) is 1.33. The molecule has 0 aliphatic heterocycles. The van der Waals surface area contributed by atoms with E-state index in [1.807, 2.05) is 18.2 Å². The van der Waals surface area contributed by atoms with Gasteiger partial charge in [0, 0.05) is 6.04 Å². The number of rotatable bonds is 2. The molecule has 1 aliphatic carbocycles. The van der Waals surface area contributed by atoms with Crippen LogP contribution in [0.3, 0.4) is 0 Å². The van der Waals surface area contributed by atoms with Gasteiger partial charge in [0.1, 0.15) is 0 Å². The van der Waals surface area contributed by atoms with Crippen LogP contribution in [0.15, 0.2) is 30.9 Å². The zero-order valence-corrected chi connectivity index (χ0v) is 8.86. The van der Waals surface area contributed by atoms with E-state index < -0.39 is 0 Å². The number of benzene rings is 1. The summed E-state index contributed by atoms with van der Waals surface area (Å²) in [5.74, 6) is -0.140. The van der Waals surface area contributed by atoms with E-state index in [1.165, 1.54) is 11.6 Å². The van der Waals surface area contributed by atoms with Crippen LogP contribution < -0.4 is 5.32 Å². The van der Waals surface area contributed by atoms with Crippen molar-refractivity contribution in [3.63, 3.8) is 0 Å². The highest BCUT2D eigenvalue weighted by Gasteiger charge is 2.22. The van der Waals surface area contributed by atoms with Crippen molar-refractivity contribution < 1.29 is 4.79 Å². The second-order valence-corrected chi connectivity index (χ2v) is 3.91. The molecule has 1 N–H and O–H groups in total. The summed E-state index contributed by atoms with van der Waals surface area (Å²) in [5.41, 5.74) is 3.05. The van der Waals surface area contributed by atoms with Gasteiger partial charge in [-0.3, -0.25) is 4.79 Å². The fourth-order valence-electron chi connectivity index (χ4n) is 2.05. The molecule has 0 saturated carbocycles. The normalized spacial score (nSPS) is 17.3. The summed E-state index contributed by atoms with van der Waals surface area (Å²) in [6.07, 6.45) is 2.91. The number of nitriles is 1. The third-order valence-corrected chi connectivity index (χ3v) is 2.80. The van der Waals surface area contributed by atoms with Crippen LogP contribution in [-0.2, 0) is 17.6 Å². The van der Waals surface area contributed by atoms with Crippen molar-refractivity contribution in [1.29, 1.82) is 5.26 Å². The van der Waals surface area contributed by atoms with Crippen molar-refractivity contribution >= 4 is 5.91 Å². The molecule has 0 radical (unpaired) electrons. The molecule has 0 saturated heterocycles. The minimum atomic E-state index is -0.140. The van der Waals surface area contributed by atoms with Crippen LogP contribution in [-0.4, -0.2) is 11.9 Å². The van der Waals surface area contributed by atoms with Gasteiger partial charge in [-0.15, -0.1) is 0 Å². The highest BCUT2D eigenvalue weighted by molar-refractivity contribution is 5.87. The Bertz CT molecular complexity index is 485. The molecule has 80 valence electrons. The molecule has 2 rings (SSSR count). The summed E-state index contributed by atoms with van der Waals surface area (Å²) in [6, 6.07) is 7.93. The lowest BCUT2D eigenvalue weighted by atomic mass is 10.1. The second kappa shape index (κ2) is 4.19. The lowest BCUT2D eigenvalue weighted by Crippen LogP contribution is -2.33. The summed E-state index contributed by atoms with van der Waals surface area (Å²) in [5, 5.41) is 11.7. The van der Waals surface area contributed by atoms with Crippen molar-refractivity contribution in [3.05, 3.63) is 47.5 Å².